The molecule has 1 aromatic carbocycles. The number of carbonyl (C=O) groups is 1. The number of benzene rings is 1. The van der Waals surface area contributed by atoms with Crippen LogP contribution in [0.25, 0.3) is 0 Å². The normalized spacial score (nSPS) is 21.6. The number of hydrogen-bond donors (Lipinski definition) is 1. The number of anilines is 1. The van der Waals surface area contributed by atoms with Gasteiger partial charge in [-0.05, 0) is 32.9 Å². The molecule has 1 aliphatic heterocycles. The van der Waals surface area contributed by atoms with Gasteiger partial charge in [0, 0.05) is 24.8 Å². The monoisotopic (exact) mass is 278 g/mol. The Balaban J connectivity index is 2.23. The van der Waals surface area contributed by atoms with Crippen LogP contribution in [0.2, 0.25) is 0 Å². The molecule has 2 N–H and O–H groups in total. The second-order valence-electron chi connectivity index (χ2n) is 5.83. The van der Waals surface area contributed by atoms with Gasteiger partial charge in [0.1, 0.15) is 5.75 Å². The molecule has 0 radical (unpaired) electrons. The number of hydrogen-bond acceptors (Lipinski definition) is 4. The Bertz CT molecular complexity index is 514. The molecule has 0 aliphatic carbocycles. The van der Waals surface area contributed by atoms with Crippen molar-refractivity contribution in [2.45, 2.75) is 32.5 Å². The van der Waals surface area contributed by atoms with Crippen molar-refractivity contribution < 1.29 is 14.3 Å². The highest BCUT2D eigenvalue weighted by atomic mass is 16.5. The average molecular weight is 278 g/mol. The van der Waals surface area contributed by atoms with Crippen LogP contribution in [0, 0.1) is 0 Å². The van der Waals surface area contributed by atoms with Crippen LogP contribution in [-0.4, -0.2) is 42.7 Å². The number of rotatable bonds is 2. The summed E-state index contributed by atoms with van der Waals surface area (Å²) in [6.07, 6.45) is 0.0159. The van der Waals surface area contributed by atoms with E-state index in [1.54, 1.807) is 30.2 Å². The number of carbonyl (C=O) groups excluding carboxylic acids is 1. The van der Waals surface area contributed by atoms with Gasteiger partial charge in [-0.2, -0.15) is 0 Å². The molecule has 5 heteroatoms. The molecule has 0 spiro atoms. The van der Waals surface area contributed by atoms with Crippen LogP contribution in [0.15, 0.2) is 18.2 Å². The minimum absolute atomic E-state index is 0.0159. The molecule has 1 fully saturated rings. The van der Waals surface area contributed by atoms with E-state index in [-0.39, 0.29) is 17.6 Å². The summed E-state index contributed by atoms with van der Waals surface area (Å²) in [4.78, 5) is 14.4. The zero-order valence-corrected chi connectivity index (χ0v) is 12.5. The summed E-state index contributed by atoms with van der Waals surface area (Å²) in [6.45, 7) is 7.08. The van der Waals surface area contributed by atoms with Crippen molar-refractivity contribution in [3.63, 3.8) is 0 Å². The van der Waals surface area contributed by atoms with Crippen molar-refractivity contribution in [2.75, 3.05) is 25.9 Å². The van der Waals surface area contributed by atoms with Crippen molar-refractivity contribution in [3.8, 4) is 5.75 Å². The van der Waals surface area contributed by atoms with Crippen LogP contribution >= 0.6 is 0 Å². The molecule has 5 nitrogen and oxygen atoms in total. The minimum Gasteiger partial charge on any atom is -0.497 e. The number of nitrogen functional groups attached to an aromatic ring is 1. The lowest BCUT2D eigenvalue weighted by Gasteiger charge is -2.41. The Morgan fingerprint density at radius 1 is 1.50 bits per heavy atom. The average Bonchev–Trinajstić information content (AvgIpc) is 2.35. The molecule has 1 unspecified atom stereocenters. The summed E-state index contributed by atoms with van der Waals surface area (Å²) in [5, 5.41) is 0. The first kappa shape index (κ1) is 14.7. The number of nitrogens with zero attached hydrogens (tertiary/aromatic N) is 1. The van der Waals surface area contributed by atoms with Gasteiger partial charge >= 0.3 is 0 Å². The Hall–Kier alpha value is -1.75. The third kappa shape index (κ3) is 3.04. The predicted octanol–water partition coefficient (Wildman–Crippen LogP) is 1.92. The summed E-state index contributed by atoms with van der Waals surface area (Å²) in [5.41, 5.74) is 6.56. The lowest BCUT2D eigenvalue weighted by atomic mass is 10.0. The molecule has 2 rings (SSSR count). The maximum atomic E-state index is 12.6. The van der Waals surface area contributed by atoms with Gasteiger partial charge < -0.3 is 20.1 Å². The van der Waals surface area contributed by atoms with Crippen molar-refractivity contribution in [2.24, 2.45) is 0 Å². The van der Waals surface area contributed by atoms with Gasteiger partial charge in [-0.15, -0.1) is 0 Å². The van der Waals surface area contributed by atoms with Crippen molar-refractivity contribution in [1.82, 2.24) is 4.90 Å². The van der Waals surface area contributed by atoms with Gasteiger partial charge in [-0.1, -0.05) is 0 Å². The molecular weight excluding hydrogens is 256 g/mol. The molecule has 0 saturated carbocycles. The van der Waals surface area contributed by atoms with Crippen molar-refractivity contribution in [1.29, 1.82) is 0 Å². The standard InChI is InChI=1S/C15H22N2O3/c1-10-8-17(9-15(2,3)20-10)14(18)12-6-5-11(19-4)7-13(12)16/h5-7,10H,8-9,16H2,1-4H3. The Labute approximate surface area is 119 Å². The summed E-state index contributed by atoms with van der Waals surface area (Å²) in [6, 6.07) is 5.13. The quantitative estimate of drug-likeness (QED) is 0.839. The summed E-state index contributed by atoms with van der Waals surface area (Å²) >= 11 is 0. The number of nitrogens with two attached hydrogens (primary N) is 1. The number of amides is 1. The molecule has 1 atom stereocenters. The van der Waals surface area contributed by atoms with E-state index in [0.29, 0.717) is 30.1 Å². The first-order chi connectivity index (χ1) is 9.32. The largest absolute Gasteiger partial charge is 0.497 e. The molecule has 20 heavy (non-hydrogen) atoms. The zero-order chi connectivity index (χ0) is 14.9. The third-order valence-electron chi connectivity index (χ3n) is 3.35. The van der Waals surface area contributed by atoms with E-state index in [1.807, 2.05) is 20.8 Å². The molecule has 1 aliphatic rings. The van der Waals surface area contributed by atoms with Crippen LogP contribution in [0.1, 0.15) is 31.1 Å². The molecule has 1 aromatic rings. The van der Waals surface area contributed by atoms with Gasteiger partial charge in [0.25, 0.3) is 5.91 Å². The van der Waals surface area contributed by atoms with Gasteiger partial charge in [-0.3, -0.25) is 4.79 Å². The van der Waals surface area contributed by atoms with Crippen molar-refractivity contribution >= 4 is 11.6 Å². The lowest BCUT2D eigenvalue weighted by molar-refractivity contribution is -0.118. The topological polar surface area (TPSA) is 64.8 Å². The molecule has 110 valence electrons. The van der Waals surface area contributed by atoms with E-state index < -0.39 is 0 Å². The molecular formula is C15H22N2O3. The fourth-order valence-electron chi connectivity index (χ4n) is 2.64. The second-order valence-corrected chi connectivity index (χ2v) is 5.83. The van der Waals surface area contributed by atoms with Gasteiger partial charge in [0.05, 0.1) is 24.4 Å². The first-order valence-electron chi connectivity index (χ1n) is 6.73. The summed E-state index contributed by atoms with van der Waals surface area (Å²) in [5.74, 6) is 0.586. The highest BCUT2D eigenvalue weighted by Crippen LogP contribution is 2.25. The number of ether oxygens (including phenoxy) is 2. The van der Waals surface area contributed by atoms with E-state index in [0.717, 1.165) is 0 Å². The molecule has 0 aromatic heterocycles. The Morgan fingerprint density at radius 2 is 2.20 bits per heavy atom. The number of morpholine rings is 1. The SMILES string of the molecule is COc1ccc(C(=O)N2CC(C)OC(C)(C)C2)c(N)c1. The van der Waals surface area contributed by atoms with E-state index in [9.17, 15) is 4.79 Å². The molecule has 0 bridgehead atoms. The van der Waals surface area contributed by atoms with Gasteiger partial charge in [0.2, 0.25) is 0 Å². The Morgan fingerprint density at radius 3 is 2.75 bits per heavy atom. The first-order valence-corrected chi connectivity index (χ1v) is 6.73. The van der Waals surface area contributed by atoms with Gasteiger partial charge in [0.15, 0.2) is 0 Å². The van der Waals surface area contributed by atoms with Crippen LogP contribution in [0.5, 0.6) is 5.75 Å². The smallest absolute Gasteiger partial charge is 0.256 e. The molecule has 1 heterocycles. The van der Waals surface area contributed by atoms with Crippen LogP contribution in [0.4, 0.5) is 5.69 Å². The molecule has 1 saturated heterocycles. The highest BCUT2D eigenvalue weighted by molar-refractivity contribution is 5.99. The van der Waals surface area contributed by atoms with E-state index >= 15 is 0 Å². The maximum absolute atomic E-state index is 12.6. The second kappa shape index (κ2) is 5.32. The van der Waals surface area contributed by atoms with Crippen LogP contribution in [0.3, 0.4) is 0 Å². The fourth-order valence-corrected chi connectivity index (χ4v) is 2.64. The lowest BCUT2D eigenvalue weighted by Crippen LogP contribution is -2.53. The minimum atomic E-state index is -0.339. The van der Waals surface area contributed by atoms with Crippen LogP contribution < -0.4 is 10.5 Å². The predicted molar refractivity (Wildman–Crippen MR) is 77.9 cm³/mol. The summed E-state index contributed by atoms with van der Waals surface area (Å²) < 4.78 is 10.9. The third-order valence-corrected chi connectivity index (χ3v) is 3.35. The number of methoxy groups -OCH3 is 1. The highest BCUT2D eigenvalue weighted by Gasteiger charge is 2.34. The Kier molecular flexibility index (Phi) is 3.90. The zero-order valence-electron chi connectivity index (χ0n) is 12.5. The van der Waals surface area contributed by atoms with E-state index in [4.69, 9.17) is 15.2 Å². The maximum Gasteiger partial charge on any atom is 0.256 e. The summed E-state index contributed by atoms with van der Waals surface area (Å²) in [7, 11) is 1.57. The van der Waals surface area contributed by atoms with Crippen molar-refractivity contribution in [3.05, 3.63) is 23.8 Å². The molecule has 1 amide bonds. The van der Waals surface area contributed by atoms with E-state index in [1.165, 1.54) is 0 Å². The van der Waals surface area contributed by atoms with Crippen LogP contribution in [-0.2, 0) is 4.74 Å². The fraction of sp³-hybridized carbons (Fsp3) is 0.533. The van der Waals surface area contributed by atoms with E-state index in [2.05, 4.69) is 0 Å². The van der Waals surface area contributed by atoms with Gasteiger partial charge in [-0.25, -0.2) is 0 Å².